The van der Waals surface area contributed by atoms with Gasteiger partial charge in [0.1, 0.15) is 22.6 Å². The van der Waals surface area contributed by atoms with E-state index in [0.717, 1.165) is 11.7 Å². The molecule has 0 radical (unpaired) electrons. The summed E-state index contributed by atoms with van der Waals surface area (Å²) in [6.07, 6.45) is 0. The number of amidine groups is 1. The Morgan fingerprint density at radius 2 is 1.94 bits per heavy atom. The maximum atomic E-state index is 6.10. The summed E-state index contributed by atoms with van der Waals surface area (Å²) in [5, 5.41) is 0.902. The molecule has 0 amide bonds. The highest BCUT2D eigenvalue weighted by molar-refractivity contribution is 7.00. The summed E-state index contributed by atoms with van der Waals surface area (Å²) in [5.74, 6) is 0.645. The Morgan fingerprint density at radius 3 is 2.59 bits per heavy atom. The third kappa shape index (κ3) is 2.36. The summed E-state index contributed by atoms with van der Waals surface area (Å²) >= 11 is 13.2. The minimum atomic E-state index is 0.142. The first-order valence-electron chi connectivity index (χ1n) is 4.95. The van der Waals surface area contributed by atoms with Gasteiger partial charge in [-0.15, -0.1) is 0 Å². The number of aliphatic imine (C=N–C) groups is 1. The fourth-order valence-corrected chi connectivity index (χ4v) is 2.38. The van der Waals surface area contributed by atoms with Gasteiger partial charge in [0.05, 0.1) is 21.8 Å². The smallest absolute Gasteiger partial charge is 0.133 e. The highest BCUT2D eigenvalue weighted by Crippen LogP contribution is 2.37. The maximum Gasteiger partial charge on any atom is 0.133 e. The molecule has 0 spiro atoms. The molecular weight excluding hydrogens is 279 g/mol. The Morgan fingerprint density at radius 1 is 1.29 bits per heavy atom. The van der Waals surface area contributed by atoms with Gasteiger partial charge in [-0.1, -0.05) is 37.0 Å². The summed E-state index contributed by atoms with van der Waals surface area (Å²) in [5.41, 5.74) is 7.56. The molecule has 0 atom stereocenters. The molecule has 1 aromatic carbocycles. The van der Waals surface area contributed by atoms with E-state index in [1.165, 1.54) is 0 Å². The normalized spacial score (nSPS) is 12.6. The van der Waals surface area contributed by atoms with Crippen molar-refractivity contribution in [2.45, 2.75) is 13.8 Å². The van der Waals surface area contributed by atoms with Gasteiger partial charge in [-0.05, 0) is 6.07 Å². The molecule has 0 aliphatic heterocycles. The fourth-order valence-electron chi connectivity index (χ4n) is 1.23. The number of nitrogens with two attached hydrogens (primary N) is 1. The van der Waals surface area contributed by atoms with E-state index in [4.69, 9.17) is 28.9 Å². The SMILES string of the molecule is CC(C)C(N)=Nc1c(Cl)cc(Cl)c2nsnc12. The zero-order valence-electron chi connectivity index (χ0n) is 9.24. The first-order chi connectivity index (χ1) is 8.00. The molecule has 7 heteroatoms. The van der Waals surface area contributed by atoms with Crippen LogP contribution in [0.2, 0.25) is 10.0 Å². The fraction of sp³-hybridized carbons (Fsp3) is 0.300. The minimum absolute atomic E-state index is 0.142. The van der Waals surface area contributed by atoms with Gasteiger partial charge < -0.3 is 5.73 Å². The molecule has 0 bridgehead atoms. The van der Waals surface area contributed by atoms with Crippen molar-refractivity contribution in [2.24, 2.45) is 16.6 Å². The number of hydrogen-bond acceptors (Lipinski definition) is 4. The number of benzene rings is 1. The lowest BCUT2D eigenvalue weighted by Crippen LogP contribution is -2.18. The molecule has 90 valence electrons. The van der Waals surface area contributed by atoms with Gasteiger partial charge in [-0.25, -0.2) is 4.99 Å². The average molecular weight is 289 g/mol. The van der Waals surface area contributed by atoms with Crippen LogP contribution < -0.4 is 5.73 Å². The van der Waals surface area contributed by atoms with Gasteiger partial charge in [-0.3, -0.25) is 0 Å². The summed E-state index contributed by atoms with van der Waals surface area (Å²) in [6.45, 7) is 3.91. The van der Waals surface area contributed by atoms with Crippen molar-refractivity contribution in [3.05, 3.63) is 16.1 Å². The van der Waals surface area contributed by atoms with Gasteiger partial charge in [0, 0.05) is 5.92 Å². The highest BCUT2D eigenvalue weighted by Gasteiger charge is 2.14. The van der Waals surface area contributed by atoms with Crippen molar-refractivity contribution in [1.29, 1.82) is 0 Å². The van der Waals surface area contributed by atoms with Crippen LogP contribution in [0.1, 0.15) is 13.8 Å². The number of hydrogen-bond donors (Lipinski definition) is 1. The number of nitrogens with zero attached hydrogens (tertiary/aromatic N) is 3. The van der Waals surface area contributed by atoms with E-state index in [1.54, 1.807) is 6.07 Å². The topological polar surface area (TPSA) is 64.2 Å². The molecule has 1 heterocycles. The van der Waals surface area contributed by atoms with E-state index in [9.17, 15) is 0 Å². The molecule has 4 nitrogen and oxygen atoms in total. The van der Waals surface area contributed by atoms with Crippen LogP contribution in [0.4, 0.5) is 5.69 Å². The second-order valence-electron chi connectivity index (χ2n) is 3.84. The third-order valence-corrected chi connectivity index (χ3v) is 3.36. The molecule has 0 saturated carbocycles. The van der Waals surface area contributed by atoms with Crippen LogP contribution in [0, 0.1) is 5.92 Å². The Hall–Kier alpha value is -0.910. The summed E-state index contributed by atoms with van der Waals surface area (Å²) < 4.78 is 8.25. The molecule has 0 unspecified atom stereocenters. The lowest BCUT2D eigenvalue weighted by Gasteiger charge is -2.06. The zero-order valence-corrected chi connectivity index (χ0v) is 11.6. The second kappa shape index (κ2) is 4.76. The van der Waals surface area contributed by atoms with Crippen molar-refractivity contribution < 1.29 is 0 Å². The first kappa shape index (κ1) is 12.5. The van der Waals surface area contributed by atoms with Crippen molar-refractivity contribution in [1.82, 2.24) is 8.75 Å². The quantitative estimate of drug-likeness (QED) is 0.678. The van der Waals surface area contributed by atoms with Crippen molar-refractivity contribution in [3.63, 3.8) is 0 Å². The Balaban J connectivity index is 2.69. The predicted octanol–water partition coefficient (Wildman–Crippen LogP) is 3.64. The molecule has 2 aromatic rings. The molecule has 17 heavy (non-hydrogen) atoms. The summed E-state index contributed by atoms with van der Waals surface area (Å²) in [7, 11) is 0. The predicted molar refractivity (Wildman–Crippen MR) is 73.6 cm³/mol. The molecule has 0 aliphatic carbocycles. The zero-order chi connectivity index (χ0) is 12.6. The second-order valence-corrected chi connectivity index (χ2v) is 5.18. The van der Waals surface area contributed by atoms with Gasteiger partial charge in [-0.2, -0.15) is 8.75 Å². The van der Waals surface area contributed by atoms with Crippen LogP contribution in [-0.2, 0) is 0 Å². The van der Waals surface area contributed by atoms with E-state index in [1.807, 2.05) is 13.8 Å². The molecule has 0 fully saturated rings. The van der Waals surface area contributed by atoms with Crippen molar-refractivity contribution in [3.8, 4) is 0 Å². The van der Waals surface area contributed by atoms with E-state index in [-0.39, 0.29) is 5.92 Å². The molecule has 0 saturated heterocycles. The van der Waals surface area contributed by atoms with E-state index in [0.29, 0.717) is 32.6 Å². The minimum Gasteiger partial charge on any atom is -0.387 e. The van der Waals surface area contributed by atoms with Crippen LogP contribution in [0.15, 0.2) is 11.1 Å². The summed E-state index contributed by atoms with van der Waals surface area (Å²) in [4.78, 5) is 4.31. The van der Waals surface area contributed by atoms with E-state index < -0.39 is 0 Å². The summed E-state index contributed by atoms with van der Waals surface area (Å²) in [6, 6.07) is 1.61. The van der Waals surface area contributed by atoms with Gasteiger partial charge in [0.15, 0.2) is 0 Å². The van der Waals surface area contributed by atoms with Crippen molar-refractivity contribution in [2.75, 3.05) is 0 Å². The lowest BCUT2D eigenvalue weighted by atomic mass is 10.2. The lowest BCUT2D eigenvalue weighted by molar-refractivity contribution is 0.873. The van der Waals surface area contributed by atoms with Crippen LogP contribution in [0.25, 0.3) is 11.0 Å². The van der Waals surface area contributed by atoms with Gasteiger partial charge in [0.2, 0.25) is 0 Å². The maximum absolute atomic E-state index is 6.10. The van der Waals surface area contributed by atoms with Crippen molar-refractivity contribution >= 4 is 57.5 Å². The Labute approximate surface area is 113 Å². The number of rotatable bonds is 2. The largest absolute Gasteiger partial charge is 0.387 e. The number of halogens is 2. The number of fused-ring (bicyclic) bond motifs is 1. The third-order valence-electron chi connectivity index (χ3n) is 2.25. The molecule has 1 aromatic heterocycles. The van der Waals surface area contributed by atoms with Crippen LogP contribution in [0.5, 0.6) is 0 Å². The van der Waals surface area contributed by atoms with Gasteiger partial charge >= 0.3 is 0 Å². The molecule has 2 rings (SSSR count). The molecule has 0 aliphatic rings. The molecular formula is C10H10Cl2N4S. The molecule has 2 N–H and O–H groups in total. The number of aromatic nitrogens is 2. The van der Waals surface area contributed by atoms with Crippen LogP contribution >= 0.6 is 34.9 Å². The average Bonchev–Trinajstić information content (AvgIpc) is 2.72. The van der Waals surface area contributed by atoms with Gasteiger partial charge in [0.25, 0.3) is 0 Å². The first-order valence-corrected chi connectivity index (χ1v) is 6.43. The Bertz CT molecular complexity index is 591. The highest BCUT2D eigenvalue weighted by atomic mass is 35.5. The van der Waals surface area contributed by atoms with E-state index in [2.05, 4.69) is 13.7 Å². The van der Waals surface area contributed by atoms with E-state index >= 15 is 0 Å². The van der Waals surface area contributed by atoms with Crippen LogP contribution in [-0.4, -0.2) is 14.6 Å². The Kier molecular flexibility index (Phi) is 3.51. The monoisotopic (exact) mass is 288 g/mol. The van der Waals surface area contributed by atoms with Crippen LogP contribution in [0.3, 0.4) is 0 Å². The standard InChI is InChI=1S/C10H10Cl2N4S/c1-4(2)10(13)14-7-5(11)3-6(12)8-9(7)16-17-15-8/h3-4H,1-2H3,(H2,13,14).